The minimum atomic E-state index is -0.915. The number of nitrogens with one attached hydrogen (secondary N) is 1. The first-order valence-electron chi connectivity index (χ1n) is 11.3. The van der Waals surface area contributed by atoms with Crippen molar-refractivity contribution in [3.8, 4) is 0 Å². The van der Waals surface area contributed by atoms with E-state index in [-0.39, 0.29) is 13.0 Å². The molecule has 1 aliphatic rings. The van der Waals surface area contributed by atoms with Crippen LogP contribution in [0.15, 0.2) is 72.1 Å². The van der Waals surface area contributed by atoms with Crippen molar-refractivity contribution in [1.29, 1.82) is 0 Å². The number of ether oxygens (including phenoxy) is 1. The Balaban J connectivity index is 1.48. The molecule has 1 saturated heterocycles. The van der Waals surface area contributed by atoms with Crippen molar-refractivity contribution >= 4 is 46.5 Å². The van der Waals surface area contributed by atoms with Crippen LogP contribution in [0.3, 0.4) is 0 Å². The molecule has 9 heteroatoms. The van der Waals surface area contributed by atoms with E-state index >= 15 is 0 Å². The van der Waals surface area contributed by atoms with Crippen molar-refractivity contribution in [3.63, 3.8) is 0 Å². The Hall–Kier alpha value is -3.98. The number of hydrogen-bond donors (Lipinski definition) is 1. The second-order valence-corrected chi connectivity index (χ2v) is 8.91. The fraction of sp³-hybridized carbons (Fsp3) is 0.231. The maximum atomic E-state index is 13.3. The maximum absolute atomic E-state index is 13.3. The molecule has 0 bridgehead atoms. The molecule has 35 heavy (non-hydrogen) atoms. The molecule has 4 rings (SSSR count). The van der Waals surface area contributed by atoms with Crippen LogP contribution in [0.5, 0.6) is 0 Å². The highest BCUT2D eigenvalue weighted by molar-refractivity contribution is 7.09. The van der Waals surface area contributed by atoms with Gasteiger partial charge in [-0.3, -0.25) is 9.59 Å². The van der Waals surface area contributed by atoms with E-state index in [2.05, 4.69) is 5.32 Å². The molecule has 180 valence electrons. The molecule has 1 N–H and O–H groups in total. The standard InChI is InChI=1S/C26H25N3O5S/c1-2-34-25(32)18-10-12-19(13-11-18)27-23(30)17-22-24(31)29(20-7-4-3-5-8-20)26(33)28(22)15-14-21-9-6-16-35-21/h3-13,16,22H,2,14-15,17H2,1H3,(H,27,30)/t22-/m1/s1. The molecule has 0 unspecified atom stereocenters. The molecule has 4 amide bonds. The molecule has 1 aliphatic heterocycles. The van der Waals surface area contributed by atoms with Crippen molar-refractivity contribution in [3.05, 3.63) is 82.6 Å². The number of esters is 1. The Morgan fingerprint density at radius 3 is 2.40 bits per heavy atom. The van der Waals surface area contributed by atoms with Crippen molar-refractivity contribution in [1.82, 2.24) is 4.90 Å². The quantitative estimate of drug-likeness (QED) is 0.355. The van der Waals surface area contributed by atoms with Crippen LogP contribution in [0.1, 0.15) is 28.6 Å². The van der Waals surface area contributed by atoms with Gasteiger partial charge < -0.3 is 15.0 Å². The normalized spacial score (nSPS) is 15.4. The van der Waals surface area contributed by atoms with Crippen LogP contribution in [0.2, 0.25) is 0 Å². The Morgan fingerprint density at radius 1 is 1.00 bits per heavy atom. The molecule has 1 fully saturated rings. The predicted octanol–water partition coefficient (Wildman–Crippen LogP) is 4.33. The number of para-hydroxylation sites is 1. The van der Waals surface area contributed by atoms with Gasteiger partial charge >= 0.3 is 12.0 Å². The summed E-state index contributed by atoms with van der Waals surface area (Å²) in [6.45, 7) is 2.32. The van der Waals surface area contributed by atoms with Gasteiger partial charge in [-0.2, -0.15) is 0 Å². The molecule has 0 radical (unpaired) electrons. The Kier molecular flexibility index (Phi) is 7.57. The van der Waals surface area contributed by atoms with E-state index in [1.54, 1.807) is 72.9 Å². The molecule has 0 saturated carbocycles. The Bertz CT molecular complexity index is 1200. The average Bonchev–Trinajstić information content (AvgIpc) is 3.45. The van der Waals surface area contributed by atoms with Gasteiger partial charge in [-0.25, -0.2) is 14.5 Å². The smallest absolute Gasteiger partial charge is 0.338 e. The number of anilines is 2. The van der Waals surface area contributed by atoms with Crippen molar-refractivity contribution < 1.29 is 23.9 Å². The van der Waals surface area contributed by atoms with Crippen LogP contribution in [-0.2, 0) is 20.7 Å². The third-order valence-electron chi connectivity index (χ3n) is 5.57. The first kappa shape index (κ1) is 24.2. The van der Waals surface area contributed by atoms with E-state index < -0.39 is 29.9 Å². The molecule has 0 aliphatic carbocycles. The Labute approximate surface area is 207 Å². The number of benzene rings is 2. The number of imide groups is 1. The van der Waals surface area contributed by atoms with Gasteiger partial charge in [-0.05, 0) is 61.2 Å². The first-order valence-corrected chi connectivity index (χ1v) is 12.1. The van der Waals surface area contributed by atoms with Crippen molar-refractivity contribution in [2.45, 2.75) is 25.8 Å². The van der Waals surface area contributed by atoms with Crippen molar-refractivity contribution in [2.24, 2.45) is 0 Å². The minimum Gasteiger partial charge on any atom is -0.462 e. The fourth-order valence-corrected chi connectivity index (χ4v) is 4.58. The first-order chi connectivity index (χ1) is 17.0. The second-order valence-electron chi connectivity index (χ2n) is 7.88. The number of carbonyl (C=O) groups is 4. The summed E-state index contributed by atoms with van der Waals surface area (Å²) < 4.78 is 4.96. The van der Waals surface area contributed by atoms with Gasteiger partial charge in [0.25, 0.3) is 5.91 Å². The summed E-state index contributed by atoms with van der Waals surface area (Å²) in [7, 11) is 0. The van der Waals surface area contributed by atoms with Gasteiger partial charge in [0.15, 0.2) is 0 Å². The van der Waals surface area contributed by atoms with Crippen LogP contribution in [0, 0.1) is 0 Å². The largest absolute Gasteiger partial charge is 0.462 e. The molecule has 1 aromatic heterocycles. The zero-order valence-electron chi connectivity index (χ0n) is 19.2. The lowest BCUT2D eigenvalue weighted by Gasteiger charge is -2.21. The molecule has 0 spiro atoms. The van der Waals surface area contributed by atoms with Gasteiger partial charge in [-0.15, -0.1) is 11.3 Å². The number of amides is 4. The highest BCUT2D eigenvalue weighted by atomic mass is 32.1. The highest BCUT2D eigenvalue weighted by Crippen LogP contribution is 2.27. The number of carbonyl (C=O) groups excluding carboxylic acids is 4. The summed E-state index contributed by atoms with van der Waals surface area (Å²) in [5.74, 6) is -1.28. The highest BCUT2D eigenvalue weighted by Gasteiger charge is 2.46. The average molecular weight is 492 g/mol. The predicted molar refractivity (Wildman–Crippen MR) is 133 cm³/mol. The summed E-state index contributed by atoms with van der Waals surface area (Å²) >= 11 is 1.58. The number of thiophene rings is 1. The van der Waals surface area contributed by atoms with Gasteiger partial charge in [0.05, 0.1) is 24.3 Å². The number of urea groups is 1. The van der Waals surface area contributed by atoms with E-state index in [0.29, 0.717) is 29.9 Å². The van der Waals surface area contributed by atoms with Crippen LogP contribution in [0.25, 0.3) is 0 Å². The fourth-order valence-electron chi connectivity index (χ4n) is 3.88. The van der Waals surface area contributed by atoms with E-state index in [0.717, 1.165) is 9.78 Å². The van der Waals surface area contributed by atoms with E-state index in [9.17, 15) is 19.2 Å². The monoisotopic (exact) mass is 491 g/mol. The summed E-state index contributed by atoms with van der Waals surface area (Å²) in [4.78, 5) is 54.9. The van der Waals surface area contributed by atoms with Gasteiger partial charge in [-0.1, -0.05) is 24.3 Å². The van der Waals surface area contributed by atoms with E-state index in [1.807, 2.05) is 17.5 Å². The van der Waals surface area contributed by atoms with Gasteiger partial charge in [0.2, 0.25) is 5.91 Å². The lowest BCUT2D eigenvalue weighted by molar-refractivity contribution is -0.124. The van der Waals surface area contributed by atoms with Crippen molar-refractivity contribution in [2.75, 3.05) is 23.4 Å². The molecule has 2 aromatic carbocycles. The lowest BCUT2D eigenvalue weighted by atomic mass is 10.1. The zero-order valence-corrected chi connectivity index (χ0v) is 20.0. The minimum absolute atomic E-state index is 0.183. The molecular weight excluding hydrogens is 466 g/mol. The maximum Gasteiger partial charge on any atom is 0.338 e. The van der Waals surface area contributed by atoms with Gasteiger partial charge in [0.1, 0.15) is 6.04 Å². The van der Waals surface area contributed by atoms with Gasteiger partial charge in [0, 0.05) is 17.1 Å². The second kappa shape index (κ2) is 11.0. The summed E-state index contributed by atoms with van der Waals surface area (Å²) in [6.07, 6.45) is 0.407. The number of nitrogens with zero attached hydrogens (tertiary/aromatic N) is 2. The Morgan fingerprint density at radius 2 is 1.74 bits per heavy atom. The molecule has 8 nitrogen and oxygen atoms in total. The molecule has 1 atom stereocenters. The zero-order chi connectivity index (χ0) is 24.8. The van der Waals surface area contributed by atoms with Crippen LogP contribution in [0.4, 0.5) is 16.2 Å². The van der Waals surface area contributed by atoms with E-state index in [4.69, 9.17) is 4.74 Å². The van der Waals surface area contributed by atoms with Crippen LogP contribution in [-0.4, -0.2) is 47.9 Å². The summed E-state index contributed by atoms with van der Waals surface area (Å²) in [5, 5.41) is 4.71. The lowest BCUT2D eigenvalue weighted by Crippen LogP contribution is -2.39. The third kappa shape index (κ3) is 5.58. The summed E-state index contributed by atoms with van der Waals surface area (Å²) in [6, 6.07) is 17.6. The van der Waals surface area contributed by atoms with Crippen LogP contribution < -0.4 is 10.2 Å². The number of hydrogen-bond acceptors (Lipinski definition) is 6. The molecular formula is C26H25N3O5S. The number of rotatable bonds is 9. The molecule has 3 aromatic rings. The van der Waals surface area contributed by atoms with Crippen LogP contribution >= 0.6 is 11.3 Å². The summed E-state index contributed by atoms with van der Waals surface area (Å²) in [5.41, 5.74) is 1.32. The molecule has 2 heterocycles. The SMILES string of the molecule is CCOC(=O)c1ccc(NC(=O)C[C@@H]2C(=O)N(c3ccccc3)C(=O)N2CCc2cccs2)cc1. The van der Waals surface area contributed by atoms with E-state index in [1.165, 1.54) is 4.90 Å². The topological polar surface area (TPSA) is 96.0 Å². The third-order valence-corrected chi connectivity index (χ3v) is 6.51.